The smallest absolute Gasteiger partial charge is 0.343 e. The number of rotatable bonds is 6. The van der Waals surface area contributed by atoms with Crippen molar-refractivity contribution in [2.75, 3.05) is 12.3 Å². The summed E-state index contributed by atoms with van der Waals surface area (Å²) in [5.74, 6) is -0.625. The molecule has 1 aromatic carbocycles. The summed E-state index contributed by atoms with van der Waals surface area (Å²) in [5.41, 5.74) is 7.56. The summed E-state index contributed by atoms with van der Waals surface area (Å²) >= 11 is 1.14. The number of aromatic nitrogens is 2. The molecule has 0 fully saturated rings. The third-order valence-corrected chi connectivity index (χ3v) is 3.70. The molecule has 0 unspecified atom stereocenters. The maximum absolute atomic E-state index is 12.0. The molecule has 0 bridgehead atoms. The second kappa shape index (κ2) is 8.26. The Hall–Kier alpha value is -2.67. The summed E-state index contributed by atoms with van der Waals surface area (Å²) in [7, 11) is 0. The number of carbonyl (C=O) groups excluding carboxylic acids is 2. The van der Waals surface area contributed by atoms with Crippen molar-refractivity contribution in [3.05, 3.63) is 58.6 Å². The topological polar surface area (TPSA) is 95.2 Å². The highest BCUT2D eigenvalue weighted by molar-refractivity contribution is 8.02. The van der Waals surface area contributed by atoms with E-state index >= 15 is 0 Å². The minimum atomic E-state index is -0.559. The maximum atomic E-state index is 12.0. The molecular formula is C17H17N3O3S. The molecule has 6 nitrogen and oxygen atoms in total. The number of anilines is 1. The van der Waals surface area contributed by atoms with Crippen LogP contribution < -0.4 is 5.73 Å². The molecular weight excluding hydrogens is 326 g/mol. The number of benzene rings is 1. The Morgan fingerprint density at radius 1 is 1.29 bits per heavy atom. The van der Waals surface area contributed by atoms with E-state index in [1.807, 2.05) is 19.1 Å². The van der Waals surface area contributed by atoms with E-state index in [4.69, 9.17) is 10.5 Å². The monoisotopic (exact) mass is 343 g/mol. The Morgan fingerprint density at radius 3 is 2.62 bits per heavy atom. The summed E-state index contributed by atoms with van der Waals surface area (Å²) in [6.45, 7) is 3.91. The molecule has 0 amide bonds. The van der Waals surface area contributed by atoms with Crippen LogP contribution in [0.4, 0.5) is 5.82 Å². The number of aryl methyl sites for hydroxylation is 1. The van der Waals surface area contributed by atoms with Gasteiger partial charge in [0.15, 0.2) is 10.9 Å². The number of hydrogen-bond acceptors (Lipinski definition) is 7. The molecule has 0 spiro atoms. The second-order valence-electron chi connectivity index (χ2n) is 4.82. The number of thioether (sulfide) groups is 1. The first kappa shape index (κ1) is 17.7. The Kier molecular flexibility index (Phi) is 6.08. The molecule has 0 aliphatic heterocycles. The van der Waals surface area contributed by atoms with Crippen LogP contribution in [0.15, 0.2) is 47.1 Å². The molecule has 2 rings (SSSR count). The molecule has 0 atom stereocenters. The number of allylic oxidation sites excluding steroid dienone is 1. The molecule has 1 aromatic heterocycles. The Balaban J connectivity index is 2.01. The molecule has 0 aliphatic rings. The van der Waals surface area contributed by atoms with Crippen LogP contribution in [0.2, 0.25) is 0 Å². The number of hydrogen-bond donors (Lipinski definition) is 1. The van der Waals surface area contributed by atoms with Gasteiger partial charge in [-0.3, -0.25) is 4.79 Å². The van der Waals surface area contributed by atoms with Gasteiger partial charge in [-0.05, 0) is 25.3 Å². The van der Waals surface area contributed by atoms with Crippen molar-refractivity contribution in [2.24, 2.45) is 0 Å². The van der Waals surface area contributed by atoms with Gasteiger partial charge in [-0.25, -0.2) is 14.8 Å². The largest absolute Gasteiger partial charge is 0.462 e. The van der Waals surface area contributed by atoms with E-state index in [9.17, 15) is 9.59 Å². The lowest BCUT2D eigenvalue weighted by Gasteiger charge is -2.04. The van der Waals surface area contributed by atoms with E-state index in [0.717, 1.165) is 17.3 Å². The average molecular weight is 343 g/mol. The molecule has 2 aromatic rings. The van der Waals surface area contributed by atoms with E-state index < -0.39 is 5.97 Å². The zero-order chi connectivity index (χ0) is 17.5. The second-order valence-corrected chi connectivity index (χ2v) is 5.70. The van der Waals surface area contributed by atoms with E-state index in [1.165, 1.54) is 12.3 Å². The van der Waals surface area contributed by atoms with Crippen molar-refractivity contribution in [1.82, 2.24) is 9.97 Å². The SMILES string of the molecule is CCOC(=O)c1cnc(S/C=C\C(=O)c2ccc(C)cc2)nc1N. The fraction of sp³-hybridized carbons (Fsp3) is 0.176. The summed E-state index contributed by atoms with van der Waals surface area (Å²) < 4.78 is 4.85. The Morgan fingerprint density at radius 2 is 2.00 bits per heavy atom. The van der Waals surface area contributed by atoms with Crippen LogP contribution in [-0.4, -0.2) is 28.3 Å². The quantitative estimate of drug-likeness (QED) is 0.283. The van der Waals surface area contributed by atoms with Gasteiger partial charge in [-0.15, -0.1) is 0 Å². The van der Waals surface area contributed by atoms with Gasteiger partial charge in [0.05, 0.1) is 6.61 Å². The van der Waals surface area contributed by atoms with E-state index in [0.29, 0.717) is 10.7 Å². The van der Waals surface area contributed by atoms with E-state index in [1.54, 1.807) is 24.5 Å². The number of carbonyl (C=O) groups is 2. The highest BCUT2D eigenvalue weighted by Crippen LogP contribution is 2.18. The number of nitrogens with zero attached hydrogens (tertiary/aromatic N) is 2. The average Bonchev–Trinajstić information content (AvgIpc) is 2.55. The number of ether oxygens (including phenoxy) is 1. The zero-order valence-corrected chi connectivity index (χ0v) is 14.2. The predicted molar refractivity (Wildman–Crippen MR) is 92.9 cm³/mol. The lowest BCUT2D eigenvalue weighted by molar-refractivity contribution is 0.0526. The van der Waals surface area contributed by atoms with Crippen LogP contribution in [0.25, 0.3) is 0 Å². The summed E-state index contributed by atoms with van der Waals surface area (Å²) in [6, 6.07) is 7.31. The van der Waals surface area contributed by atoms with Crippen molar-refractivity contribution in [3.8, 4) is 0 Å². The standard InChI is InChI=1S/C17H17N3O3S/c1-3-23-16(22)13-10-19-17(20-15(13)18)24-9-8-14(21)12-6-4-11(2)5-7-12/h4-10H,3H2,1-2H3,(H2,18,19,20)/b9-8-. The predicted octanol–water partition coefficient (Wildman–Crippen LogP) is 3.03. The lowest BCUT2D eigenvalue weighted by Crippen LogP contribution is -2.10. The van der Waals surface area contributed by atoms with Gasteiger partial charge >= 0.3 is 5.97 Å². The molecule has 7 heteroatoms. The number of esters is 1. The van der Waals surface area contributed by atoms with Crippen molar-refractivity contribution in [1.29, 1.82) is 0 Å². The Bertz CT molecular complexity index is 773. The minimum Gasteiger partial charge on any atom is -0.462 e. The van der Waals surface area contributed by atoms with Gasteiger partial charge in [0.1, 0.15) is 11.4 Å². The number of nitrogens with two attached hydrogens (primary N) is 1. The van der Waals surface area contributed by atoms with Gasteiger partial charge in [0.2, 0.25) is 0 Å². The van der Waals surface area contributed by atoms with Crippen LogP contribution in [-0.2, 0) is 4.74 Å². The van der Waals surface area contributed by atoms with Crippen molar-refractivity contribution < 1.29 is 14.3 Å². The van der Waals surface area contributed by atoms with Crippen molar-refractivity contribution in [2.45, 2.75) is 19.0 Å². The van der Waals surface area contributed by atoms with Gasteiger partial charge < -0.3 is 10.5 Å². The van der Waals surface area contributed by atoms with Crippen molar-refractivity contribution in [3.63, 3.8) is 0 Å². The van der Waals surface area contributed by atoms with Crippen molar-refractivity contribution >= 4 is 29.3 Å². The molecule has 0 saturated heterocycles. The van der Waals surface area contributed by atoms with Crippen LogP contribution in [0.3, 0.4) is 0 Å². The molecule has 124 valence electrons. The third kappa shape index (κ3) is 4.66. The van der Waals surface area contributed by atoms with Crippen LogP contribution in [0, 0.1) is 6.92 Å². The molecule has 1 heterocycles. The summed E-state index contributed by atoms with van der Waals surface area (Å²) in [6.07, 6.45) is 2.76. The summed E-state index contributed by atoms with van der Waals surface area (Å²) in [4.78, 5) is 31.7. The van der Waals surface area contributed by atoms with Crippen LogP contribution in [0.1, 0.15) is 33.2 Å². The summed E-state index contributed by atoms with van der Waals surface area (Å²) in [5, 5.41) is 1.93. The number of ketones is 1. The van der Waals surface area contributed by atoms with Gasteiger partial charge in [0, 0.05) is 11.8 Å². The highest BCUT2D eigenvalue weighted by atomic mass is 32.2. The van der Waals surface area contributed by atoms with Gasteiger partial charge in [-0.2, -0.15) is 0 Å². The van der Waals surface area contributed by atoms with E-state index in [2.05, 4.69) is 9.97 Å². The van der Waals surface area contributed by atoms with Gasteiger partial charge in [0.25, 0.3) is 0 Å². The Labute approximate surface area is 144 Å². The van der Waals surface area contributed by atoms with E-state index in [-0.39, 0.29) is 23.8 Å². The molecule has 0 aliphatic carbocycles. The minimum absolute atomic E-state index is 0.0456. The zero-order valence-electron chi connectivity index (χ0n) is 13.4. The first-order valence-corrected chi connectivity index (χ1v) is 8.13. The first-order valence-electron chi connectivity index (χ1n) is 7.25. The molecule has 2 N–H and O–H groups in total. The van der Waals surface area contributed by atoms with Gasteiger partial charge in [-0.1, -0.05) is 41.6 Å². The van der Waals surface area contributed by atoms with Crippen LogP contribution in [0.5, 0.6) is 0 Å². The fourth-order valence-electron chi connectivity index (χ4n) is 1.77. The third-order valence-electron chi connectivity index (χ3n) is 3.02. The first-order chi connectivity index (χ1) is 11.5. The molecule has 0 radical (unpaired) electrons. The highest BCUT2D eigenvalue weighted by Gasteiger charge is 2.13. The lowest BCUT2D eigenvalue weighted by atomic mass is 10.1. The number of nitrogen functional groups attached to an aromatic ring is 1. The normalized spacial score (nSPS) is 10.8. The molecule has 0 saturated carbocycles. The fourth-order valence-corrected chi connectivity index (χ4v) is 2.35. The maximum Gasteiger partial charge on any atom is 0.343 e. The van der Waals surface area contributed by atoms with Crippen LogP contribution >= 0.6 is 11.8 Å². The molecule has 24 heavy (non-hydrogen) atoms.